The van der Waals surface area contributed by atoms with Gasteiger partial charge in [-0.1, -0.05) is 6.07 Å². The minimum Gasteiger partial charge on any atom is -0.406 e. The van der Waals surface area contributed by atoms with Gasteiger partial charge in [0.1, 0.15) is 12.1 Å². The predicted octanol–water partition coefficient (Wildman–Crippen LogP) is 1.97. The first-order valence-electron chi connectivity index (χ1n) is 4.18. The fraction of sp³-hybridized carbons (Fsp3) is 0.111. The molecule has 16 heavy (non-hydrogen) atoms. The van der Waals surface area contributed by atoms with Crippen LogP contribution in [0.5, 0.6) is 5.75 Å². The van der Waals surface area contributed by atoms with Gasteiger partial charge < -0.3 is 4.74 Å². The molecule has 0 saturated carbocycles. The van der Waals surface area contributed by atoms with Crippen molar-refractivity contribution in [2.24, 2.45) is 0 Å². The first-order chi connectivity index (χ1) is 7.54. The van der Waals surface area contributed by atoms with Crippen LogP contribution in [0.1, 0.15) is 0 Å². The monoisotopic (exact) mass is 228 g/mol. The lowest BCUT2D eigenvalue weighted by Gasteiger charge is -2.09. The maximum Gasteiger partial charge on any atom is 0.573 e. The topological polar surface area (TPSA) is 39.9 Å². The van der Waals surface area contributed by atoms with E-state index in [0.717, 1.165) is 0 Å². The summed E-state index contributed by atoms with van der Waals surface area (Å²) < 4.78 is 40.9. The van der Waals surface area contributed by atoms with Crippen molar-refractivity contribution in [2.75, 3.05) is 0 Å². The van der Waals surface area contributed by atoms with Crippen LogP contribution >= 0.6 is 0 Å². The average molecular weight is 228 g/mol. The molecule has 0 aliphatic carbocycles. The number of alkyl halides is 3. The Morgan fingerprint density at radius 1 is 1.31 bits per heavy atom. The molecule has 0 saturated heterocycles. The number of hydrogen-bond acceptors (Lipinski definition) is 3. The van der Waals surface area contributed by atoms with Crippen LogP contribution in [0.3, 0.4) is 0 Å². The first kappa shape index (κ1) is 10.5. The van der Waals surface area contributed by atoms with Crippen LogP contribution in [0.2, 0.25) is 0 Å². The molecule has 0 N–H and O–H groups in total. The lowest BCUT2D eigenvalue weighted by atomic mass is 10.3. The summed E-state index contributed by atoms with van der Waals surface area (Å²) in [7, 11) is 0. The van der Waals surface area contributed by atoms with E-state index < -0.39 is 6.36 Å². The van der Waals surface area contributed by atoms with Crippen molar-refractivity contribution < 1.29 is 17.9 Å². The van der Waals surface area contributed by atoms with Crippen LogP contribution in [0, 0.1) is 6.33 Å². The smallest absolute Gasteiger partial charge is 0.406 e. The molecule has 0 aliphatic rings. The molecule has 0 aliphatic heterocycles. The summed E-state index contributed by atoms with van der Waals surface area (Å²) in [5.74, 6) is -0.305. The van der Waals surface area contributed by atoms with Gasteiger partial charge in [-0.25, -0.2) is 9.67 Å². The summed E-state index contributed by atoms with van der Waals surface area (Å²) in [5.41, 5.74) is 0.413. The molecule has 4 nitrogen and oxygen atoms in total. The molecule has 1 aromatic carbocycles. The van der Waals surface area contributed by atoms with Gasteiger partial charge in [-0.3, -0.25) is 0 Å². The van der Waals surface area contributed by atoms with Crippen molar-refractivity contribution in [1.29, 1.82) is 0 Å². The Labute approximate surface area is 88.3 Å². The fourth-order valence-electron chi connectivity index (χ4n) is 1.13. The molecular weight excluding hydrogens is 223 g/mol. The van der Waals surface area contributed by atoms with Gasteiger partial charge in [0, 0.05) is 6.07 Å². The van der Waals surface area contributed by atoms with Gasteiger partial charge in [-0.15, -0.1) is 18.3 Å². The van der Waals surface area contributed by atoms with E-state index in [2.05, 4.69) is 21.1 Å². The maximum atomic E-state index is 12.0. The quantitative estimate of drug-likeness (QED) is 0.788. The second-order valence-corrected chi connectivity index (χ2v) is 2.83. The summed E-state index contributed by atoms with van der Waals surface area (Å²) in [6, 6.07) is 5.41. The molecule has 0 fully saturated rings. The van der Waals surface area contributed by atoms with Crippen LogP contribution in [0.15, 0.2) is 30.6 Å². The van der Waals surface area contributed by atoms with E-state index in [4.69, 9.17) is 0 Å². The number of aromatic nitrogens is 3. The summed E-state index contributed by atoms with van der Waals surface area (Å²) >= 11 is 0. The number of hydrogen-bond donors (Lipinski definition) is 0. The van der Waals surface area contributed by atoms with Crippen molar-refractivity contribution in [2.45, 2.75) is 6.36 Å². The van der Waals surface area contributed by atoms with Crippen molar-refractivity contribution in [3.05, 3.63) is 36.9 Å². The van der Waals surface area contributed by atoms with Gasteiger partial charge >= 0.3 is 6.36 Å². The lowest BCUT2D eigenvalue weighted by molar-refractivity contribution is -0.274. The van der Waals surface area contributed by atoms with E-state index >= 15 is 0 Å². The summed E-state index contributed by atoms with van der Waals surface area (Å²) in [6.07, 6.45) is -1.08. The van der Waals surface area contributed by atoms with Crippen LogP contribution in [0.25, 0.3) is 5.69 Å². The second kappa shape index (κ2) is 3.84. The van der Waals surface area contributed by atoms with Crippen molar-refractivity contribution in [3.8, 4) is 11.4 Å². The molecule has 0 atom stereocenters. The fourth-order valence-corrected chi connectivity index (χ4v) is 1.13. The number of halogens is 3. The number of rotatable bonds is 2. The zero-order valence-corrected chi connectivity index (χ0v) is 7.77. The third kappa shape index (κ3) is 2.50. The molecule has 0 bridgehead atoms. The highest BCUT2D eigenvalue weighted by atomic mass is 19.4. The molecule has 0 unspecified atom stereocenters. The van der Waals surface area contributed by atoms with Crippen molar-refractivity contribution in [1.82, 2.24) is 14.8 Å². The molecule has 0 spiro atoms. The van der Waals surface area contributed by atoms with Crippen LogP contribution < -0.4 is 4.74 Å². The molecule has 83 valence electrons. The Morgan fingerprint density at radius 3 is 2.75 bits per heavy atom. The largest absolute Gasteiger partial charge is 0.573 e. The highest BCUT2D eigenvalue weighted by molar-refractivity contribution is 5.38. The van der Waals surface area contributed by atoms with Gasteiger partial charge in [0.2, 0.25) is 6.33 Å². The van der Waals surface area contributed by atoms with Gasteiger partial charge in [0.25, 0.3) is 0 Å². The molecule has 2 rings (SSSR count). The third-order valence-corrected chi connectivity index (χ3v) is 1.69. The third-order valence-electron chi connectivity index (χ3n) is 1.69. The number of benzene rings is 1. The Hall–Kier alpha value is -2.05. The number of nitrogens with zero attached hydrogens (tertiary/aromatic N) is 3. The summed E-state index contributed by atoms with van der Waals surface area (Å²) in [5, 5.41) is 3.67. The molecule has 1 heterocycles. The molecule has 0 amide bonds. The SMILES string of the molecule is FC(F)(F)Oc1cccc(-n2cn[c]n2)c1. The van der Waals surface area contributed by atoms with Gasteiger partial charge in [-0.05, 0) is 12.1 Å². The molecule has 7 heteroatoms. The Kier molecular flexibility index (Phi) is 2.51. The summed E-state index contributed by atoms with van der Waals surface area (Å²) in [4.78, 5) is 3.57. The van der Waals surface area contributed by atoms with Crippen molar-refractivity contribution >= 4 is 0 Å². The Balaban J connectivity index is 2.27. The van der Waals surface area contributed by atoms with E-state index in [1.807, 2.05) is 0 Å². The summed E-state index contributed by atoms with van der Waals surface area (Å²) in [6.45, 7) is 0. The molecule has 2 aromatic rings. The standard InChI is InChI=1S/C9H5F3N3O/c10-9(11,12)16-8-3-1-2-7(4-8)15-6-13-5-14-15/h1-4,6H. The predicted molar refractivity (Wildman–Crippen MR) is 46.9 cm³/mol. The Bertz CT molecular complexity index is 467. The molecular formula is C9H5F3N3O. The van der Waals surface area contributed by atoms with Gasteiger partial charge in [0.15, 0.2) is 0 Å². The number of ether oxygens (including phenoxy) is 1. The zero-order valence-electron chi connectivity index (χ0n) is 7.77. The van der Waals surface area contributed by atoms with Gasteiger partial charge in [0.05, 0.1) is 5.69 Å². The van der Waals surface area contributed by atoms with Gasteiger partial charge in [-0.2, -0.15) is 0 Å². The van der Waals surface area contributed by atoms with Crippen LogP contribution in [-0.4, -0.2) is 21.1 Å². The maximum absolute atomic E-state index is 12.0. The second-order valence-electron chi connectivity index (χ2n) is 2.83. The Morgan fingerprint density at radius 2 is 2.12 bits per heavy atom. The van der Waals surface area contributed by atoms with E-state index in [0.29, 0.717) is 5.69 Å². The van der Waals surface area contributed by atoms with E-state index in [1.54, 1.807) is 6.07 Å². The van der Waals surface area contributed by atoms with E-state index in [1.165, 1.54) is 29.2 Å². The molecule has 1 aromatic heterocycles. The van der Waals surface area contributed by atoms with Crippen molar-refractivity contribution in [3.63, 3.8) is 0 Å². The van der Waals surface area contributed by atoms with Crippen LogP contribution in [0.4, 0.5) is 13.2 Å². The highest BCUT2D eigenvalue weighted by Crippen LogP contribution is 2.24. The van der Waals surface area contributed by atoms with E-state index in [-0.39, 0.29) is 5.75 Å². The van der Waals surface area contributed by atoms with E-state index in [9.17, 15) is 13.2 Å². The minimum absolute atomic E-state index is 0.305. The van der Waals surface area contributed by atoms with Crippen LogP contribution in [-0.2, 0) is 0 Å². The minimum atomic E-state index is -4.70. The first-order valence-corrected chi connectivity index (χ1v) is 4.18. The average Bonchev–Trinajstić information content (AvgIpc) is 2.68. The molecule has 1 radical (unpaired) electrons. The normalized spacial score (nSPS) is 11.4. The zero-order chi connectivity index (χ0) is 11.6. The highest BCUT2D eigenvalue weighted by Gasteiger charge is 2.31. The lowest BCUT2D eigenvalue weighted by Crippen LogP contribution is -2.17.